The number of aromatic carboxylic acids is 1. The van der Waals surface area contributed by atoms with Crippen molar-refractivity contribution in [3.63, 3.8) is 0 Å². The van der Waals surface area contributed by atoms with Gasteiger partial charge in [-0.25, -0.2) is 4.79 Å². The van der Waals surface area contributed by atoms with Crippen LogP contribution >= 0.6 is 11.3 Å². The number of likely N-dealkylation sites (tertiary alicyclic amines) is 1. The lowest BCUT2D eigenvalue weighted by molar-refractivity contribution is -0.134. The molecule has 1 amide bonds. The van der Waals surface area contributed by atoms with Gasteiger partial charge in [-0.2, -0.15) is 0 Å². The SMILES string of the molecule is CCCc1cc(OCC(=O)N2CCCCC2)c(C(=O)O)s1. The van der Waals surface area contributed by atoms with Crippen molar-refractivity contribution in [1.29, 1.82) is 0 Å². The third kappa shape index (κ3) is 4.20. The molecule has 1 N–H and O–H groups in total. The number of thiophene rings is 1. The van der Waals surface area contributed by atoms with Gasteiger partial charge in [-0.05, 0) is 31.7 Å². The van der Waals surface area contributed by atoms with E-state index in [4.69, 9.17) is 4.74 Å². The Morgan fingerprint density at radius 1 is 1.33 bits per heavy atom. The van der Waals surface area contributed by atoms with Gasteiger partial charge in [-0.3, -0.25) is 4.79 Å². The maximum atomic E-state index is 12.0. The summed E-state index contributed by atoms with van der Waals surface area (Å²) in [5.74, 6) is -0.738. The van der Waals surface area contributed by atoms with E-state index >= 15 is 0 Å². The molecule has 1 aromatic heterocycles. The Bertz CT molecular complexity index is 506. The topological polar surface area (TPSA) is 66.8 Å². The molecule has 1 aliphatic rings. The maximum Gasteiger partial charge on any atom is 0.349 e. The average molecular weight is 311 g/mol. The van der Waals surface area contributed by atoms with E-state index < -0.39 is 5.97 Å². The molecule has 2 heterocycles. The number of carbonyl (C=O) groups is 2. The summed E-state index contributed by atoms with van der Waals surface area (Å²) in [5, 5.41) is 9.20. The molecule has 1 fully saturated rings. The van der Waals surface area contributed by atoms with E-state index in [2.05, 4.69) is 0 Å². The predicted octanol–water partition coefficient (Wildman–Crippen LogP) is 2.79. The van der Waals surface area contributed by atoms with Crippen LogP contribution in [-0.2, 0) is 11.2 Å². The molecule has 116 valence electrons. The van der Waals surface area contributed by atoms with Gasteiger partial charge in [0.2, 0.25) is 0 Å². The van der Waals surface area contributed by atoms with Gasteiger partial charge in [0.05, 0.1) is 0 Å². The number of hydrogen-bond acceptors (Lipinski definition) is 4. The lowest BCUT2D eigenvalue weighted by Gasteiger charge is -2.26. The van der Waals surface area contributed by atoms with Crippen LogP contribution in [0.15, 0.2) is 6.07 Å². The van der Waals surface area contributed by atoms with Crippen molar-refractivity contribution >= 4 is 23.2 Å². The molecule has 1 aromatic rings. The van der Waals surface area contributed by atoms with Crippen molar-refractivity contribution in [3.05, 3.63) is 15.8 Å². The number of rotatable bonds is 6. The molecule has 21 heavy (non-hydrogen) atoms. The van der Waals surface area contributed by atoms with Gasteiger partial charge < -0.3 is 14.7 Å². The zero-order valence-corrected chi connectivity index (χ0v) is 13.1. The minimum atomic E-state index is -0.997. The van der Waals surface area contributed by atoms with Crippen LogP contribution in [0.2, 0.25) is 0 Å². The minimum absolute atomic E-state index is 0.0609. The van der Waals surface area contributed by atoms with Crippen molar-refractivity contribution in [3.8, 4) is 5.75 Å². The molecular weight excluding hydrogens is 290 g/mol. The van der Waals surface area contributed by atoms with Crippen molar-refractivity contribution in [2.24, 2.45) is 0 Å². The summed E-state index contributed by atoms with van der Waals surface area (Å²) in [4.78, 5) is 26.2. The number of aryl methyl sites for hydroxylation is 1. The highest BCUT2D eigenvalue weighted by Crippen LogP contribution is 2.30. The zero-order chi connectivity index (χ0) is 15.2. The molecule has 0 aliphatic carbocycles. The minimum Gasteiger partial charge on any atom is -0.482 e. The molecule has 1 aliphatic heterocycles. The smallest absolute Gasteiger partial charge is 0.349 e. The van der Waals surface area contributed by atoms with Gasteiger partial charge in [-0.15, -0.1) is 11.3 Å². The van der Waals surface area contributed by atoms with Crippen LogP contribution < -0.4 is 4.74 Å². The molecule has 0 atom stereocenters. The summed E-state index contributed by atoms with van der Waals surface area (Å²) in [6.45, 7) is 3.51. The molecular formula is C15H21NO4S. The highest BCUT2D eigenvalue weighted by atomic mass is 32.1. The van der Waals surface area contributed by atoms with Crippen molar-refractivity contribution < 1.29 is 19.4 Å². The number of piperidine rings is 1. The molecule has 0 saturated carbocycles. The van der Waals surface area contributed by atoms with E-state index in [1.807, 2.05) is 6.92 Å². The van der Waals surface area contributed by atoms with E-state index in [0.717, 1.165) is 43.6 Å². The monoisotopic (exact) mass is 311 g/mol. The first-order valence-electron chi connectivity index (χ1n) is 7.38. The number of carboxylic acid groups (broad SMARTS) is 1. The van der Waals surface area contributed by atoms with E-state index in [1.54, 1.807) is 11.0 Å². The normalized spacial score (nSPS) is 15.0. The second-order valence-corrected chi connectivity index (χ2v) is 6.33. The summed E-state index contributed by atoms with van der Waals surface area (Å²) >= 11 is 1.23. The number of hydrogen-bond donors (Lipinski definition) is 1. The van der Waals surface area contributed by atoms with Crippen LogP contribution in [0, 0.1) is 0 Å². The van der Waals surface area contributed by atoms with Gasteiger partial charge >= 0.3 is 5.97 Å². The van der Waals surface area contributed by atoms with E-state index in [1.165, 1.54) is 17.8 Å². The number of carboxylic acids is 1. The summed E-state index contributed by atoms with van der Waals surface area (Å²) in [7, 11) is 0. The second kappa shape index (κ2) is 7.45. The Morgan fingerprint density at radius 3 is 2.67 bits per heavy atom. The quantitative estimate of drug-likeness (QED) is 0.877. The van der Waals surface area contributed by atoms with Crippen molar-refractivity contribution in [2.45, 2.75) is 39.0 Å². The maximum absolute atomic E-state index is 12.0. The Morgan fingerprint density at radius 2 is 2.05 bits per heavy atom. The van der Waals surface area contributed by atoms with Crippen LogP contribution in [0.3, 0.4) is 0 Å². The Labute approximate surface area is 128 Å². The van der Waals surface area contributed by atoms with E-state index in [9.17, 15) is 14.7 Å². The Balaban J connectivity index is 1.98. The summed E-state index contributed by atoms with van der Waals surface area (Å²) in [5.41, 5.74) is 0. The summed E-state index contributed by atoms with van der Waals surface area (Å²) < 4.78 is 5.48. The second-order valence-electron chi connectivity index (χ2n) is 5.19. The molecule has 6 heteroatoms. The number of ether oxygens (including phenoxy) is 1. The fraction of sp³-hybridized carbons (Fsp3) is 0.600. The molecule has 2 rings (SSSR count). The number of amides is 1. The first-order chi connectivity index (χ1) is 10.1. The summed E-state index contributed by atoms with van der Waals surface area (Å²) in [6.07, 6.45) is 5.01. The largest absolute Gasteiger partial charge is 0.482 e. The Hall–Kier alpha value is -1.56. The Kier molecular flexibility index (Phi) is 5.61. The van der Waals surface area contributed by atoms with Crippen LogP contribution in [-0.4, -0.2) is 41.6 Å². The van der Waals surface area contributed by atoms with Crippen LogP contribution in [0.1, 0.15) is 47.2 Å². The fourth-order valence-corrected chi connectivity index (χ4v) is 3.46. The molecule has 0 aromatic carbocycles. The molecule has 0 unspecified atom stereocenters. The van der Waals surface area contributed by atoms with Crippen LogP contribution in [0.25, 0.3) is 0 Å². The summed E-state index contributed by atoms with van der Waals surface area (Å²) in [6, 6.07) is 1.75. The van der Waals surface area contributed by atoms with E-state index in [-0.39, 0.29) is 17.4 Å². The van der Waals surface area contributed by atoms with Gasteiger partial charge in [0, 0.05) is 18.0 Å². The first kappa shape index (κ1) is 15.8. The first-order valence-corrected chi connectivity index (χ1v) is 8.20. The van der Waals surface area contributed by atoms with Crippen LogP contribution in [0.5, 0.6) is 5.75 Å². The van der Waals surface area contributed by atoms with Gasteiger partial charge in [-0.1, -0.05) is 13.3 Å². The highest BCUT2D eigenvalue weighted by molar-refractivity contribution is 7.14. The zero-order valence-electron chi connectivity index (χ0n) is 12.3. The molecule has 5 nitrogen and oxygen atoms in total. The van der Waals surface area contributed by atoms with Crippen molar-refractivity contribution in [2.75, 3.05) is 19.7 Å². The molecule has 0 bridgehead atoms. The lowest BCUT2D eigenvalue weighted by Crippen LogP contribution is -2.38. The third-order valence-corrected chi connectivity index (χ3v) is 4.66. The third-order valence-electron chi connectivity index (χ3n) is 3.50. The average Bonchev–Trinajstić information content (AvgIpc) is 2.89. The molecule has 1 saturated heterocycles. The van der Waals surface area contributed by atoms with Crippen LogP contribution in [0.4, 0.5) is 0 Å². The number of carbonyl (C=O) groups excluding carboxylic acids is 1. The van der Waals surface area contributed by atoms with Gasteiger partial charge in [0.1, 0.15) is 5.75 Å². The predicted molar refractivity (Wildman–Crippen MR) is 81.2 cm³/mol. The highest BCUT2D eigenvalue weighted by Gasteiger charge is 2.20. The standard InChI is InChI=1S/C15H21NO4S/c1-2-6-11-9-12(14(21-11)15(18)19)20-10-13(17)16-7-4-3-5-8-16/h9H,2-8,10H2,1H3,(H,18,19). The van der Waals surface area contributed by atoms with Crippen molar-refractivity contribution in [1.82, 2.24) is 4.90 Å². The van der Waals surface area contributed by atoms with Gasteiger partial charge in [0.15, 0.2) is 11.5 Å². The molecule has 0 spiro atoms. The number of nitrogens with zero attached hydrogens (tertiary/aromatic N) is 1. The van der Waals surface area contributed by atoms with Gasteiger partial charge in [0.25, 0.3) is 5.91 Å². The fourth-order valence-electron chi connectivity index (χ4n) is 2.42. The lowest BCUT2D eigenvalue weighted by atomic mass is 10.1. The van der Waals surface area contributed by atoms with E-state index in [0.29, 0.717) is 5.75 Å². The molecule has 0 radical (unpaired) electrons.